The third-order valence-corrected chi connectivity index (χ3v) is 5.53. The van der Waals surface area contributed by atoms with E-state index in [1.165, 1.54) is 0 Å². The van der Waals surface area contributed by atoms with E-state index in [0.717, 1.165) is 43.6 Å². The Morgan fingerprint density at radius 1 is 1.23 bits per heavy atom. The maximum atomic E-state index is 12.7. The van der Waals surface area contributed by atoms with Gasteiger partial charge >= 0.3 is 0 Å². The van der Waals surface area contributed by atoms with E-state index < -0.39 is 0 Å². The van der Waals surface area contributed by atoms with Crippen LogP contribution in [0.3, 0.4) is 0 Å². The van der Waals surface area contributed by atoms with Crippen LogP contribution in [0.4, 0.5) is 0 Å². The molecule has 3 nitrogen and oxygen atoms in total. The molecule has 0 unspecified atom stereocenters. The molecule has 0 aromatic heterocycles. The molecule has 1 saturated heterocycles. The fourth-order valence-electron chi connectivity index (χ4n) is 3.46. The Hall–Kier alpha value is -1.55. The Balaban J connectivity index is 1.58. The SMILES string of the molecule is C[C@H](NC(=O)[C@H]1CCCN(Cc2ccc(Cl)cc2Cl)C1)c1ccccc1. The highest BCUT2D eigenvalue weighted by Crippen LogP contribution is 2.25. The van der Waals surface area contributed by atoms with E-state index in [9.17, 15) is 4.79 Å². The molecule has 3 rings (SSSR count). The Morgan fingerprint density at radius 2 is 2.00 bits per heavy atom. The molecule has 1 aliphatic heterocycles. The number of rotatable bonds is 5. The van der Waals surface area contributed by atoms with Crippen molar-refractivity contribution in [1.29, 1.82) is 0 Å². The molecule has 0 spiro atoms. The normalized spacial score (nSPS) is 19.1. The van der Waals surface area contributed by atoms with Gasteiger partial charge < -0.3 is 5.32 Å². The summed E-state index contributed by atoms with van der Waals surface area (Å²) in [5, 5.41) is 4.49. The number of piperidine rings is 1. The predicted molar refractivity (Wildman–Crippen MR) is 107 cm³/mol. The van der Waals surface area contributed by atoms with Crippen molar-refractivity contribution in [3.8, 4) is 0 Å². The van der Waals surface area contributed by atoms with Gasteiger partial charge in [0.2, 0.25) is 5.91 Å². The molecule has 0 bridgehead atoms. The van der Waals surface area contributed by atoms with Gasteiger partial charge in [-0.3, -0.25) is 9.69 Å². The number of benzene rings is 2. The van der Waals surface area contributed by atoms with E-state index in [2.05, 4.69) is 10.2 Å². The van der Waals surface area contributed by atoms with Crippen molar-refractivity contribution in [2.75, 3.05) is 13.1 Å². The van der Waals surface area contributed by atoms with Gasteiger partial charge in [-0.25, -0.2) is 0 Å². The van der Waals surface area contributed by atoms with Crippen LogP contribution >= 0.6 is 23.2 Å². The maximum absolute atomic E-state index is 12.7. The zero-order chi connectivity index (χ0) is 18.5. The molecule has 0 radical (unpaired) electrons. The Labute approximate surface area is 165 Å². The second-order valence-corrected chi connectivity index (χ2v) is 7.79. The molecule has 1 heterocycles. The number of nitrogens with one attached hydrogen (secondary N) is 1. The number of hydrogen-bond acceptors (Lipinski definition) is 2. The number of likely N-dealkylation sites (tertiary alicyclic amines) is 1. The average Bonchev–Trinajstić information content (AvgIpc) is 2.65. The van der Waals surface area contributed by atoms with E-state index in [-0.39, 0.29) is 17.9 Å². The molecule has 2 atom stereocenters. The van der Waals surface area contributed by atoms with Gasteiger partial charge in [0.1, 0.15) is 0 Å². The summed E-state index contributed by atoms with van der Waals surface area (Å²) in [4.78, 5) is 15.0. The highest BCUT2D eigenvalue weighted by molar-refractivity contribution is 6.35. The molecular weight excluding hydrogens is 367 g/mol. The van der Waals surface area contributed by atoms with E-state index in [0.29, 0.717) is 10.0 Å². The van der Waals surface area contributed by atoms with Gasteiger partial charge in [0.05, 0.1) is 12.0 Å². The van der Waals surface area contributed by atoms with Gasteiger partial charge in [-0.05, 0) is 49.6 Å². The van der Waals surface area contributed by atoms with E-state index in [4.69, 9.17) is 23.2 Å². The van der Waals surface area contributed by atoms with Gasteiger partial charge in [0, 0.05) is 23.1 Å². The highest BCUT2D eigenvalue weighted by atomic mass is 35.5. The van der Waals surface area contributed by atoms with Crippen molar-refractivity contribution in [3.05, 3.63) is 69.7 Å². The summed E-state index contributed by atoms with van der Waals surface area (Å²) < 4.78 is 0. The van der Waals surface area contributed by atoms with Gasteiger partial charge in [-0.15, -0.1) is 0 Å². The molecule has 2 aromatic rings. The first-order valence-electron chi connectivity index (χ1n) is 9.04. The monoisotopic (exact) mass is 390 g/mol. The number of nitrogens with zero attached hydrogens (tertiary/aromatic N) is 1. The lowest BCUT2D eigenvalue weighted by atomic mass is 9.96. The molecule has 26 heavy (non-hydrogen) atoms. The quantitative estimate of drug-likeness (QED) is 0.771. The molecule has 1 amide bonds. The zero-order valence-electron chi connectivity index (χ0n) is 14.9. The number of carbonyl (C=O) groups is 1. The van der Waals surface area contributed by atoms with Crippen LogP contribution in [0.1, 0.15) is 36.9 Å². The summed E-state index contributed by atoms with van der Waals surface area (Å²) in [6.45, 7) is 4.51. The third kappa shape index (κ3) is 5.00. The smallest absolute Gasteiger partial charge is 0.224 e. The second kappa shape index (κ2) is 8.90. The van der Waals surface area contributed by atoms with Crippen molar-refractivity contribution in [3.63, 3.8) is 0 Å². The van der Waals surface area contributed by atoms with Crippen LogP contribution in [0.25, 0.3) is 0 Å². The van der Waals surface area contributed by atoms with Crippen molar-refractivity contribution < 1.29 is 4.79 Å². The molecule has 1 aliphatic rings. The Bertz CT molecular complexity index is 751. The number of carbonyl (C=O) groups excluding carboxylic acids is 1. The molecule has 138 valence electrons. The minimum absolute atomic E-state index is 0.0148. The van der Waals surface area contributed by atoms with Crippen LogP contribution in [-0.4, -0.2) is 23.9 Å². The lowest BCUT2D eigenvalue weighted by molar-refractivity contribution is -0.127. The number of amides is 1. The summed E-state index contributed by atoms with van der Waals surface area (Å²) in [6.07, 6.45) is 1.95. The molecular formula is C21H24Cl2N2O. The summed E-state index contributed by atoms with van der Waals surface area (Å²) in [6, 6.07) is 15.7. The van der Waals surface area contributed by atoms with Crippen molar-refractivity contribution in [1.82, 2.24) is 10.2 Å². The van der Waals surface area contributed by atoms with Crippen molar-refractivity contribution >= 4 is 29.1 Å². The first-order valence-corrected chi connectivity index (χ1v) is 9.80. The fraction of sp³-hybridized carbons (Fsp3) is 0.381. The van der Waals surface area contributed by atoms with Crippen LogP contribution in [0.15, 0.2) is 48.5 Å². The van der Waals surface area contributed by atoms with Gasteiger partial charge in [-0.2, -0.15) is 0 Å². The van der Waals surface area contributed by atoms with Crippen LogP contribution in [0.2, 0.25) is 10.0 Å². The minimum atomic E-state index is 0.0148. The second-order valence-electron chi connectivity index (χ2n) is 6.95. The predicted octanol–water partition coefficient (Wildman–Crippen LogP) is 5.08. The fourth-order valence-corrected chi connectivity index (χ4v) is 3.93. The number of halogens is 2. The first kappa shape index (κ1) is 19.2. The van der Waals surface area contributed by atoms with E-state index in [1.807, 2.05) is 49.4 Å². The van der Waals surface area contributed by atoms with E-state index >= 15 is 0 Å². The van der Waals surface area contributed by atoms with Crippen molar-refractivity contribution in [2.24, 2.45) is 5.92 Å². The van der Waals surface area contributed by atoms with Gasteiger partial charge in [0.25, 0.3) is 0 Å². The van der Waals surface area contributed by atoms with Crippen LogP contribution in [0, 0.1) is 5.92 Å². The summed E-state index contributed by atoms with van der Waals surface area (Å²) in [7, 11) is 0. The van der Waals surface area contributed by atoms with Crippen LogP contribution < -0.4 is 5.32 Å². The lowest BCUT2D eigenvalue weighted by Crippen LogP contribution is -2.43. The molecule has 0 aliphatic carbocycles. The first-order chi connectivity index (χ1) is 12.5. The molecule has 1 fully saturated rings. The maximum Gasteiger partial charge on any atom is 0.224 e. The summed E-state index contributed by atoms with van der Waals surface area (Å²) >= 11 is 12.3. The molecule has 2 aromatic carbocycles. The Morgan fingerprint density at radius 3 is 2.73 bits per heavy atom. The van der Waals surface area contributed by atoms with Crippen molar-refractivity contribution in [2.45, 2.75) is 32.4 Å². The molecule has 0 saturated carbocycles. The van der Waals surface area contributed by atoms with Crippen LogP contribution in [0.5, 0.6) is 0 Å². The topological polar surface area (TPSA) is 32.3 Å². The van der Waals surface area contributed by atoms with Crippen LogP contribution in [-0.2, 0) is 11.3 Å². The minimum Gasteiger partial charge on any atom is -0.349 e. The average molecular weight is 391 g/mol. The number of hydrogen-bond donors (Lipinski definition) is 1. The lowest BCUT2D eigenvalue weighted by Gasteiger charge is -2.32. The summed E-state index contributed by atoms with van der Waals surface area (Å²) in [5.41, 5.74) is 2.18. The third-order valence-electron chi connectivity index (χ3n) is 4.94. The van der Waals surface area contributed by atoms with Gasteiger partial charge in [-0.1, -0.05) is 59.6 Å². The standard InChI is InChI=1S/C21H24Cl2N2O/c1-15(16-6-3-2-4-7-16)24-21(26)18-8-5-11-25(14-18)13-17-9-10-19(22)12-20(17)23/h2-4,6-7,9-10,12,15,18H,5,8,11,13-14H2,1H3,(H,24,26)/t15-,18-/m0/s1. The zero-order valence-corrected chi connectivity index (χ0v) is 16.4. The highest BCUT2D eigenvalue weighted by Gasteiger charge is 2.27. The van der Waals surface area contributed by atoms with Gasteiger partial charge in [0.15, 0.2) is 0 Å². The molecule has 5 heteroatoms. The Kier molecular flexibility index (Phi) is 6.58. The van der Waals surface area contributed by atoms with E-state index in [1.54, 1.807) is 6.07 Å². The molecule has 1 N–H and O–H groups in total. The summed E-state index contributed by atoms with van der Waals surface area (Å²) in [5.74, 6) is 0.147. The largest absolute Gasteiger partial charge is 0.349 e.